The van der Waals surface area contributed by atoms with Crippen LogP contribution < -0.4 is 9.64 Å². The molecule has 0 bridgehead atoms. The Balaban J connectivity index is 1.68. The van der Waals surface area contributed by atoms with Gasteiger partial charge in [-0.25, -0.2) is 0 Å². The maximum atomic E-state index is 11.5. The molecule has 2 aromatic rings. The molecular formula is C20H23Cl2NO5S. The van der Waals surface area contributed by atoms with Crippen molar-refractivity contribution in [3.05, 3.63) is 52.0 Å². The van der Waals surface area contributed by atoms with Crippen molar-refractivity contribution in [2.24, 2.45) is 0 Å². The van der Waals surface area contributed by atoms with Crippen LogP contribution in [0.3, 0.4) is 0 Å². The lowest BCUT2D eigenvalue weighted by Crippen LogP contribution is -2.44. The Bertz CT molecular complexity index is 988. The summed E-state index contributed by atoms with van der Waals surface area (Å²) in [7, 11) is -2.75. The minimum atomic E-state index is -4.29. The van der Waals surface area contributed by atoms with Crippen molar-refractivity contribution >= 4 is 39.0 Å². The molecule has 0 aliphatic carbocycles. The molecule has 1 aliphatic heterocycles. The molecule has 0 unspecified atom stereocenters. The van der Waals surface area contributed by atoms with Crippen LogP contribution in [0.5, 0.6) is 5.75 Å². The highest BCUT2D eigenvalue weighted by Gasteiger charge is 2.33. The van der Waals surface area contributed by atoms with Crippen LogP contribution in [-0.4, -0.2) is 43.9 Å². The van der Waals surface area contributed by atoms with Crippen LogP contribution in [0.4, 0.5) is 5.69 Å². The summed E-state index contributed by atoms with van der Waals surface area (Å²) in [6, 6.07) is 9.73. The molecule has 9 heteroatoms. The Kier molecular flexibility index (Phi) is 6.65. The molecule has 6 nitrogen and oxygen atoms in total. The van der Waals surface area contributed by atoms with Crippen LogP contribution in [-0.2, 0) is 16.5 Å². The Hall–Kier alpha value is -1.51. The molecule has 3 rings (SSSR count). The standard InChI is InChI=1S/C20H23Cl2NO5S/c1-28-18-13-17(15(21)12-16(18)22)23-10-8-20(24,9-11-23)7-6-14-4-2-3-5-19(14)29(25,26)27/h2-5,12-13,24H,6-11H2,1H3,(H,25,26,27). The summed E-state index contributed by atoms with van der Waals surface area (Å²) >= 11 is 12.4. The van der Waals surface area contributed by atoms with Crippen molar-refractivity contribution in [1.29, 1.82) is 0 Å². The van der Waals surface area contributed by atoms with Gasteiger partial charge in [0.1, 0.15) is 5.75 Å². The monoisotopic (exact) mass is 459 g/mol. The SMILES string of the molecule is COc1cc(N2CCC(O)(CCc3ccccc3S(=O)(=O)O)CC2)c(Cl)cc1Cl. The zero-order valence-electron chi connectivity index (χ0n) is 15.9. The van der Waals surface area contributed by atoms with E-state index < -0.39 is 15.7 Å². The van der Waals surface area contributed by atoms with Gasteiger partial charge in [-0.3, -0.25) is 4.55 Å². The summed E-state index contributed by atoms with van der Waals surface area (Å²) in [6.07, 6.45) is 1.75. The molecule has 1 heterocycles. The van der Waals surface area contributed by atoms with Crippen molar-refractivity contribution < 1.29 is 22.8 Å². The summed E-state index contributed by atoms with van der Waals surface area (Å²) in [4.78, 5) is 1.96. The van der Waals surface area contributed by atoms with Crippen LogP contribution in [0.15, 0.2) is 41.3 Å². The van der Waals surface area contributed by atoms with Crippen LogP contribution in [0.25, 0.3) is 0 Å². The average molecular weight is 460 g/mol. The molecule has 158 valence electrons. The summed E-state index contributed by atoms with van der Waals surface area (Å²) < 4.78 is 37.7. The zero-order valence-corrected chi connectivity index (χ0v) is 18.3. The van der Waals surface area contributed by atoms with E-state index in [-0.39, 0.29) is 4.90 Å². The third-order valence-electron chi connectivity index (χ3n) is 5.37. The number of rotatable bonds is 6. The number of hydrogen-bond donors (Lipinski definition) is 2. The van der Waals surface area contributed by atoms with Crippen LogP contribution in [0.2, 0.25) is 10.0 Å². The molecule has 0 aromatic heterocycles. The maximum absolute atomic E-state index is 11.5. The van der Waals surface area contributed by atoms with E-state index in [0.717, 1.165) is 5.69 Å². The lowest BCUT2D eigenvalue weighted by molar-refractivity contribution is 0.00815. The molecular weight excluding hydrogens is 437 g/mol. The van der Waals surface area contributed by atoms with E-state index >= 15 is 0 Å². The molecule has 0 saturated carbocycles. The minimum absolute atomic E-state index is 0.110. The normalized spacial score (nSPS) is 16.7. The first-order chi connectivity index (χ1) is 13.6. The number of aliphatic hydroxyl groups is 1. The Labute approximate surface area is 180 Å². The third kappa shape index (κ3) is 5.16. The topological polar surface area (TPSA) is 87.1 Å². The van der Waals surface area contributed by atoms with Gasteiger partial charge in [0.2, 0.25) is 0 Å². The Morgan fingerprint density at radius 3 is 2.41 bits per heavy atom. The van der Waals surface area contributed by atoms with E-state index in [1.807, 2.05) is 0 Å². The number of anilines is 1. The fraction of sp³-hybridized carbons (Fsp3) is 0.400. The number of halogens is 2. The quantitative estimate of drug-likeness (QED) is 0.628. The maximum Gasteiger partial charge on any atom is 0.294 e. The van der Waals surface area contributed by atoms with Gasteiger partial charge in [0.15, 0.2) is 0 Å². The molecule has 2 aromatic carbocycles. The van der Waals surface area contributed by atoms with Gasteiger partial charge in [-0.15, -0.1) is 0 Å². The van der Waals surface area contributed by atoms with Gasteiger partial charge in [-0.05, 0) is 43.4 Å². The third-order valence-corrected chi connectivity index (χ3v) is 6.92. The molecule has 0 atom stereocenters. The lowest BCUT2D eigenvalue weighted by Gasteiger charge is -2.40. The number of nitrogens with zero attached hydrogens (tertiary/aromatic N) is 1. The molecule has 0 radical (unpaired) electrons. The van der Waals surface area contributed by atoms with Crippen LogP contribution in [0, 0.1) is 0 Å². The van der Waals surface area contributed by atoms with E-state index in [1.54, 1.807) is 30.3 Å². The van der Waals surface area contributed by atoms with Crippen molar-refractivity contribution in [3.63, 3.8) is 0 Å². The molecule has 29 heavy (non-hydrogen) atoms. The minimum Gasteiger partial charge on any atom is -0.495 e. The predicted octanol–water partition coefficient (Wildman–Crippen LogP) is 4.21. The molecule has 0 amide bonds. The average Bonchev–Trinajstić information content (AvgIpc) is 2.67. The molecule has 1 fully saturated rings. The van der Waals surface area contributed by atoms with Crippen molar-refractivity contribution in [2.75, 3.05) is 25.1 Å². The molecule has 2 N–H and O–H groups in total. The molecule has 1 aliphatic rings. The number of aryl methyl sites for hydroxylation is 1. The summed E-state index contributed by atoms with van der Waals surface area (Å²) in [5, 5.41) is 11.9. The van der Waals surface area contributed by atoms with Crippen molar-refractivity contribution in [1.82, 2.24) is 0 Å². The highest BCUT2D eigenvalue weighted by atomic mass is 35.5. The Morgan fingerprint density at radius 2 is 1.79 bits per heavy atom. The number of piperidine rings is 1. The first-order valence-electron chi connectivity index (χ1n) is 9.19. The second-order valence-corrected chi connectivity index (χ2v) is 9.44. The molecule has 1 saturated heterocycles. The van der Waals surface area contributed by atoms with E-state index in [4.69, 9.17) is 27.9 Å². The first kappa shape index (κ1) is 22.2. The highest BCUT2D eigenvalue weighted by molar-refractivity contribution is 7.85. The van der Waals surface area contributed by atoms with Crippen LogP contribution >= 0.6 is 23.2 Å². The highest BCUT2D eigenvalue weighted by Crippen LogP contribution is 2.39. The van der Waals surface area contributed by atoms with Gasteiger partial charge in [0, 0.05) is 19.2 Å². The number of benzene rings is 2. The van der Waals surface area contributed by atoms with Gasteiger partial charge >= 0.3 is 0 Å². The summed E-state index contributed by atoms with van der Waals surface area (Å²) in [5.74, 6) is 0.536. The van der Waals surface area contributed by atoms with E-state index in [2.05, 4.69) is 4.90 Å². The number of methoxy groups -OCH3 is 1. The largest absolute Gasteiger partial charge is 0.495 e. The van der Waals surface area contributed by atoms with E-state index in [9.17, 15) is 18.1 Å². The van der Waals surface area contributed by atoms with Gasteiger partial charge < -0.3 is 14.7 Å². The van der Waals surface area contributed by atoms with Crippen LogP contribution in [0.1, 0.15) is 24.8 Å². The Morgan fingerprint density at radius 1 is 1.14 bits per heavy atom. The van der Waals surface area contributed by atoms with Gasteiger partial charge in [-0.2, -0.15) is 8.42 Å². The van der Waals surface area contributed by atoms with Gasteiger partial charge in [-0.1, -0.05) is 41.4 Å². The predicted molar refractivity (Wildman–Crippen MR) is 114 cm³/mol. The second-order valence-electron chi connectivity index (χ2n) is 7.23. The zero-order chi connectivity index (χ0) is 21.2. The van der Waals surface area contributed by atoms with Crippen molar-refractivity contribution in [3.8, 4) is 5.75 Å². The second kappa shape index (κ2) is 8.70. The van der Waals surface area contributed by atoms with Gasteiger partial charge in [0.05, 0.1) is 33.3 Å². The fourth-order valence-electron chi connectivity index (χ4n) is 3.66. The molecule has 0 spiro atoms. The van der Waals surface area contributed by atoms with Crippen molar-refractivity contribution in [2.45, 2.75) is 36.2 Å². The summed E-state index contributed by atoms with van der Waals surface area (Å²) in [5.41, 5.74) is 0.370. The fourth-order valence-corrected chi connectivity index (χ4v) is 4.99. The smallest absolute Gasteiger partial charge is 0.294 e. The lowest BCUT2D eigenvalue weighted by atomic mass is 9.85. The number of hydrogen-bond acceptors (Lipinski definition) is 5. The van der Waals surface area contributed by atoms with Gasteiger partial charge in [0.25, 0.3) is 10.1 Å². The van der Waals surface area contributed by atoms with E-state index in [0.29, 0.717) is 60.1 Å². The van der Waals surface area contributed by atoms with E-state index in [1.165, 1.54) is 13.2 Å². The first-order valence-corrected chi connectivity index (χ1v) is 11.4. The summed E-state index contributed by atoms with van der Waals surface area (Å²) in [6.45, 7) is 1.17. The number of ether oxygens (including phenoxy) is 1.